The van der Waals surface area contributed by atoms with Crippen LogP contribution in [0.4, 0.5) is 0 Å². The van der Waals surface area contributed by atoms with Crippen LogP contribution in [0.2, 0.25) is 0 Å². The molecule has 2 heterocycles. The summed E-state index contributed by atoms with van der Waals surface area (Å²) in [4.78, 5) is 4.39. The van der Waals surface area contributed by atoms with Gasteiger partial charge in [0.15, 0.2) is 5.58 Å². The first-order valence-corrected chi connectivity index (χ1v) is 6.58. The predicted molar refractivity (Wildman–Crippen MR) is 72.0 cm³/mol. The number of hydrogen-bond donors (Lipinski definition) is 0. The minimum absolute atomic E-state index is 0.0996. The second kappa shape index (κ2) is 5.01. The summed E-state index contributed by atoms with van der Waals surface area (Å²) in [7, 11) is 0. The van der Waals surface area contributed by atoms with Gasteiger partial charge in [0.2, 0.25) is 5.89 Å². The highest BCUT2D eigenvalue weighted by atomic mass is 35.5. The third-order valence-electron chi connectivity index (χ3n) is 2.87. The SMILES string of the molecule is CCC(Cl)c1cn(Cc2nc3ccccc3o2)nn1. The number of halogens is 1. The highest BCUT2D eigenvalue weighted by Crippen LogP contribution is 2.21. The number of para-hydroxylation sites is 2. The maximum Gasteiger partial charge on any atom is 0.217 e. The van der Waals surface area contributed by atoms with E-state index in [2.05, 4.69) is 15.3 Å². The van der Waals surface area contributed by atoms with Crippen LogP contribution in [0, 0.1) is 0 Å². The van der Waals surface area contributed by atoms with Crippen molar-refractivity contribution in [1.82, 2.24) is 20.0 Å². The van der Waals surface area contributed by atoms with Crippen molar-refractivity contribution in [3.05, 3.63) is 42.0 Å². The molecule has 19 heavy (non-hydrogen) atoms. The van der Waals surface area contributed by atoms with Crippen molar-refractivity contribution < 1.29 is 4.42 Å². The average Bonchev–Trinajstić information content (AvgIpc) is 3.04. The summed E-state index contributed by atoms with van der Waals surface area (Å²) in [6, 6.07) is 7.66. The number of oxazole rings is 1. The van der Waals surface area contributed by atoms with Gasteiger partial charge in [-0.1, -0.05) is 24.3 Å². The standard InChI is InChI=1S/C13H13ClN4O/c1-2-9(14)11-7-18(17-16-11)8-13-15-10-5-3-4-6-12(10)19-13/h3-7,9H,2,8H2,1H3. The minimum Gasteiger partial charge on any atom is -0.439 e. The average molecular weight is 277 g/mol. The second-order valence-corrected chi connectivity index (χ2v) is 4.82. The molecule has 3 aromatic rings. The smallest absolute Gasteiger partial charge is 0.217 e. The Bertz CT molecular complexity index is 658. The molecule has 0 aliphatic carbocycles. The zero-order valence-electron chi connectivity index (χ0n) is 10.5. The van der Waals surface area contributed by atoms with Crippen LogP contribution < -0.4 is 0 Å². The van der Waals surface area contributed by atoms with Crippen molar-refractivity contribution >= 4 is 22.7 Å². The summed E-state index contributed by atoms with van der Waals surface area (Å²) in [5, 5.41) is 7.98. The molecule has 98 valence electrons. The second-order valence-electron chi connectivity index (χ2n) is 4.29. The highest BCUT2D eigenvalue weighted by Gasteiger charge is 2.12. The Kier molecular flexibility index (Phi) is 3.21. The zero-order valence-corrected chi connectivity index (χ0v) is 11.2. The quantitative estimate of drug-likeness (QED) is 0.687. The molecule has 5 nitrogen and oxygen atoms in total. The van der Waals surface area contributed by atoms with Crippen LogP contribution in [0.25, 0.3) is 11.1 Å². The van der Waals surface area contributed by atoms with Gasteiger partial charge >= 0.3 is 0 Å². The van der Waals surface area contributed by atoms with E-state index in [1.54, 1.807) is 4.68 Å². The van der Waals surface area contributed by atoms with Crippen molar-refractivity contribution in [1.29, 1.82) is 0 Å². The van der Waals surface area contributed by atoms with E-state index in [0.29, 0.717) is 12.4 Å². The summed E-state index contributed by atoms with van der Waals surface area (Å²) >= 11 is 6.12. The van der Waals surface area contributed by atoms with Crippen LogP contribution in [0.15, 0.2) is 34.9 Å². The fourth-order valence-electron chi connectivity index (χ4n) is 1.87. The Hall–Kier alpha value is -1.88. The van der Waals surface area contributed by atoms with Gasteiger partial charge in [0.1, 0.15) is 17.8 Å². The maximum absolute atomic E-state index is 6.12. The van der Waals surface area contributed by atoms with Gasteiger partial charge in [-0.2, -0.15) is 0 Å². The van der Waals surface area contributed by atoms with E-state index in [-0.39, 0.29) is 5.38 Å². The Balaban J connectivity index is 1.82. The van der Waals surface area contributed by atoms with E-state index in [0.717, 1.165) is 23.2 Å². The number of alkyl halides is 1. The maximum atomic E-state index is 6.12. The van der Waals surface area contributed by atoms with Crippen LogP contribution in [0.1, 0.15) is 30.3 Å². The molecule has 0 saturated carbocycles. The molecule has 3 rings (SSSR count). The number of aromatic nitrogens is 4. The fraction of sp³-hybridized carbons (Fsp3) is 0.308. The van der Waals surface area contributed by atoms with E-state index in [1.807, 2.05) is 37.4 Å². The lowest BCUT2D eigenvalue weighted by atomic mass is 10.3. The van der Waals surface area contributed by atoms with Gasteiger partial charge in [0, 0.05) is 0 Å². The Morgan fingerprint density at radius 1 is 1.37 bits per heavy atom. The molecule has 0 amide bonds. The normalized spacial score (nSPS) is 12.9. The van der Waals surface area contributed by atoms with Crippen LogP contribution in [-0.4, -0.2) is 20.0 Å². The van der Waals surface area contributed by atoms with Crippen molar-refractivity contribution in [2.45, 2.75) is 25.3 Å². The van der Waals surface area contributed by atoms with Crippen molar-refractivity contribution in [3.63, 3.8) is 0 Å². The molecule has 1 unspecified atom stereocenters. The minimum atomic E-state index is -0.0996. The first-order chi connectivity index (χ1) is 9.26. The molecule has 2 aromatic heterocycles. The Morgan fingerprint density at radius 2 is 2.21 bits per heavy atom. The molecule has 0 spiro atoms. The molecule has 0 bridgehead atoms. The number of benzene rings is 1. The van der Waals surface area contributed by atoms with Crippen LogP contribution in [0.3, 0.4) is 0 Å². The number of hydrogen-bond acceptors (Lipinski definition) is 4. The lowest BCUT2D eigenvalue weighted by molar-refractivity contribution is 0.485. The molecule has 0 fully saturated rings. The highest BCUT2D eigenvalue weighted by molar-refractivity contribution is 6.20. The molecule has 6 heteroatoms. The Morgan fingerprint density at radius 3 is 3.00 bits per heavy atom. The van der Waals surface area contributed by atoms with Crippen molar-refractivity contribution in [3.8, 4) is 0 Å². The molecular weight excluding hydrogens is 264 g/mol. The number of nitrogens with zero attached hydrogens (tertiary/aromatic N) is 4. The monoisotopic (exact) mass is 276 g/mol. The molecular formula is C13H13ClN4O. The summed E-state index contributed by atoms with van der Waals surface area (Å²) in [6.07, 6.45) is 2.65. The Labute approximate surface area is 115 Å². The number of rotatable bonds is 4. The first-order valence-electron chi connectivity index (χ1n) is 6.15. The fourth-order valence-corrected chi connectivity index (χ4v) is 1.97. The van der Waals surface area contributed by atoms with Gasteiger partial charge in [0.05, 0.1) is 11.6 Å². The van der Waals surface area contributed by atoms with Gasteiger partial charge in [-0.25, -0.2) is 9.67 Å². The summed E-state index contributed by atoms with van der Waals surface area (Å²) in [5.74, 6) is 0.611. The van der Waals surface area contributed by atoms with Gasteiger partial charge in [-0.3, -0.25) is 0 Å². The molecule has 0 saturated heterocycles. The molecule has 0 radical (unpaired) electrons. The lowest BCUT2D eigenvalue weighted by Crippen LogP contribution is -2.00. The largest absolute Gasteiger partial charge is 0.439 e. The molecule has 0 aliphatic heterocycles. The van der Waals surface area contributed by atoms with Gasteiger partial charge in [0.25, 0.3) is 0 Å². The van der Waals surface area contributed by atoms with Crippen LogP contribution >= 0.6 is 11.6 Å². The van der Waals surface area contributed by atoms with Crippen molar-refractivity contribution in [2.75, 3.05) is 0 Å². The van der Waals surface area contributed by atoms with Crippen LogP contribution in [-0.2, 0) is 6.54 Å². The van der Waals surface area contributed by atoms with E-state index in [1.165, 1.54) is 0 Å². The van der Waals surface area contributed by atoms with E-state index >= 15 is 0 Å². The topological polar surface area (TPSA) is 56.7 Å². The van der Waals surface area contributed by atoms with E-state index < -0.39 is 0 Å². The molecule has 0 N–H and O–H groups in total. The van der Waals surface area contributed by atoms with Gasteiger partial charge in [-0.05, 0) is 18.6 Å². The summed E-state index contributed by atoms with van der Waals surface area (Å²) < 4.78 is 7.32. The third-order valence-corrected chi connectivity index (χ3v) is 3.40. The van der Waals surface area contributed by atoms with Crippen molar-refractivity contribution in [2.24, 2.45) is 0 Å². The van der Waals surface area contributed by atoms with E-state index in [4.69, 9.17) is 16.0 Å². The third kappa shape index (κ3) is 2.46. The predicted octanol–water partition coefficient (Wildman–Crippen LogP) is 3.16. The van der Waals surface area contributed by atoms with Gasteiger partial charge in [-0.15, -0.1) is 16.7 Å². The molecule has 0 aliphatic rings. The first kappa shape index (κ1) is 12.2. The van der Waals surface area contributed by atoms with Crippen LogP contribution in [0.5, 0.6) is 0 Å². The van der Waals surface area contributed by atoms with Gasteiger partial charge < -0.3 is 4.42 Å². The molecule has 1 atom stereocenters. The molecule has 1 aromatic carbocycles. The summed E-state index contributed by atoms with van der Waals surface area (Å²) in [5.41, 5.74) is 2.41. The number of fused-ring (bicyclic) bond motifs is 1. The zero-order chi connectivity index (χ0) is 13.2. The van der Waals surface area contributed by atoms with E-state index in [9.17, 15) is 0 Å². The summed E-state index contributed by atoms with van der Waals surface area (Å²) in [6.45, 7) is 2.46. The lowest BCUT2D eigenvalue weighted by Gasteiger charge is -1.98.